The van der Waals surface area contributed by atoms with Crippen molar-refractivity contribution in [2.24, 2.45) is 16.3 Å². The number of amidine groups is 1. The molecule has 2 rings (SSSR count). The second-order valence-electron chi connectivity index (χ2n) is 5.21. The van der Waals surface area contributed by atoms with Gasteiger partial charge in [0, 0.05) is 8.95 Å². The van der Waals surface area contributed by atoms with Crippen LogP contribution < -0.4 is 11.1 Å². The number of nitrogens with one attached hydrogen (secondary N) is 1. The molecule has 114 valence electrons. The molecule has 0 aromatic heterocycles. The van der Waals surface area contributed by atoms with Crippen molar-refractivity contribution in [2.75, 3.05) is 5.32 Å². The van der Waals surface area contributed by atoms with Gasteiger partial charge in [0.05, 0.1) is 5.69 Å². The fourth-order valence-corrected chi connectivity index (χ4v) is 3.83. The van der Waals surface area contributed by atoms with E-state index in [4.69, 9.17) is 10.9 Å². The zero-order valence-electron chi connectivity index (χ0n) is 11.4. The third-order valence-electron chi connectivity index (χ3n) is 3.92. The summed E-state index contributed by atoms with van der Waals surface area (Å²) < 4.78 is 1.69. The van der Waals surface area contributed by atoms with Crippen LogP contribution in [0.4, 0.5) is 5.69 Å². The molecule has 1 amide bonds. The highest BCUT2D eigenvalue weighted by Crippen LogP contribution is 2.38. The average Bonchev–Trinajstić information content (AvgIpc) is 2.49. The van der Waals surface area contributed by atoms with Crippen LogP contribution in [0.3, 0.4) is 0 Å². The number of hydrogen-bond donors (Lipinski definition) is 3. The molecule has 1 saturated carbocycles. The van der Waals surface area contributed by atoms with Gasteiger partial charge in [0.25, 0.3) is 0 Å². The molecule has 0 bridgehead atoms. The Morgan fingerprint density at radius 3 is 2.52 bits per heavy atom. The number of rotatable bonds is 3. The van der Waals surface area contributed by atoms with E-state index in [2.05, 4.69) is 42.3 Å². The van der Waals surface area contributed by atoms with Gasteiger partial charge in [-0.1, -0.05) is 40.3 Å². The maximum Gasteiger partial charge on any atom is 0.238 e. The lowest BCUT2D eigenvalue weighted by Gasteiger charge is -2.34. The normalized spacial score (nSPS) is 18.3. The Balaban J connectivity index is 2.27. The third kappa shape index (κ3) is 3.40. The predicted molar refractivity (Wildman–Crippen MR) is 89.4 cm³/mol. The lowest BCUT2D eigenvalue weighted by molar-refractivity contribution is -0.123. The molecule has 1 aromatic carbocycles. The van der Waals surface area contributed by atoms with Crippen molar-refractivity contribution in [3.05, 3.63) is 27.1 Å². The molecule has 0 spiro atoms. The number of benzene rings is 1. The molecule has 0 saturated heterocycles. The quantitative estimate of drug-likeness (QED) is 0.301. The molecule has 4 N–H and O–H groups in total. The monoisotopic (exact) mass is 417 g/mol. The summed E-state index contributed by atoms with van der Waals surface area (Å²) in [6.07, 6.45) is 4.05. The van der Waals surface area contributed by atoms with Gasteiger partial charge in [0.2, 0.25) is 5.91 Å². The maximum absolute atomic E-state index is 12.7. The molecule has 7 heteroatoms. The molecule has 1 aliphatic rings. The summed E-state index contributed by atoms with van der Waals surface area (Å²) in [5.41, 5.74) is 5.57. The summed E-state index contributed by atoms with van der Waals surface area (Å²) in [6.45, 7) is 0. The molecule has 1 aromatic rings. The van der Waals surface area contributed by atoms with E-state index in [-0.39, 0.29) is 11.7 Å². The minimum atomic E-state index is -0.917. The molecule has 21 heavy (non-hydrogen) atoms. The van der Waals surface area contributed by atoms with Crippen LogP contribution in [0, 0.1) is 5.41 Å². The number of nitrogens with two attached hydrogens (primary N) is 1. The average molecular weight is 419 g/mol. The molecular weight excluding hydrogens is 402 g/mol. The van der Waals surface area contributed by atoms with Crippen LogP contribution in [0.5, 0.6) is 0 Å². The number of amides is 1. The second-order valence-corrected chi connectivity index (χ2v) is 6.98. The van der Waals surface area contributed by atoms with E-state index in [1.807, 2.05) is 12.1 Å². The number of anilines is 1. The first-order valence-electron chi connectivity index (χ1n) is 6.74. The van der Waals surface area contributed by atoms with Crippen LogP contribution >= 0.6 is 31.9 Å². The van der Waals surface area contributed by atoms with E-state index in [0.717, 1.165) is 28.2 Å². The molecule has 5 nitrogen and oxygen atoms in total. The Hall–Kier alpha value is -1.08. The van der Waals surface area contributed by atoms with E-state index in [9.17, 15) is 4.79 Å². The first-order chi connectivity index (χ1) is 9.99. The van der Waals surface area contributed by atoms with Gasteiger partial charge in [-0.3, -0.25) is 4.79 Å². The third-order valence-corrected chi connectivity index (χ3v) is 5.07. The Labute approximate surface area is 140 Å². The molecule has 1 aliphatic carbocycles. The van der Waals surface area contributed by atoms with Crippen molar-refractivity contribution in [3.8, 4) is 0 Å². The van der Waals surface area contributed by atoms with Gasteiger partial charge in [0.1, 0.15) is 5.41 Å². The van der Waals surface area contributed by atoms with E-state index in [0.29, 0.717) is 18.5 Å². The number of nitrogens with zero attached hydrogens (tertiary/aromatic N) is 1. The van der Waals surface area contributed by atoms with Crippen molar-refractivity contribution < 1.29 is 10.0 Å². The number of carbonyl (C=O) groups excluding carboxylic acids is 1. The molecular formula is C14H17Br2N3O2. The zero-order chi connectivity index (χ0) is 15.5. The molecule has 0 heterocycles. The first-order valence-corrected chi connectivity index (χ1v) is 8.33. The lowest BCUT2D eigenvalue weighted by atomic mass is 9.72. The van der Waals surface area contributed by atoms with Crippen LogP contribution in [-0.4, -0.2) is 17.0 Å². The highest BCUT2D eigenvalue weighted by Gasteiger charge is 2.44. The van der Waals surface area contributed by atoms with Crippen molar-refractivity contribution in [1.82, 2.24) is 0 Å². The van der Waals surface area contributed by atoms with Gasteiger partial charge in [-0.25, -0.2) is 0 Å². The zero-order valence-corrected chi connectivity index (χ0v) is 14.6. The Kier molecular flexibility index (Phi) is 5.27. The van der Waals surface area contributed by atoms with Crippen molar-refractivity contribution >= 4 is 49.3 Å². The Morgan fingerprint density at radius 2 is 1.95 bits per heavy atom. The van der Waals surface area contributed by atoms with Gasteiger partial charge in [-0.15, -0.1) is 0 Å². The highest BCUT2D eigenvalue weighted by atomic mass is 79.9. The van der Waals surface area contributed by atoms with Gasteiger partial charge in [-0.2, -0.15) is 0 Å². The number of carbonyl (C=O) groups is 1. The van der Waals surface area contributed by atoms with E-state index in [1.165, 1.54) is 0 Å². The van der Waals surface area contributed by atoms with Crippen LogP contribution in [-0.2, 0) is 4.79 Å². The second kappa shape index (κ2) is 6.79. The minimum Gasteiger partial charge on any atom is -0.409 e. The van der Waals surface area contributed by atoms with Crippen LogP contribution in [0.2, 0.25) is 0 Å². The van der Waals surface area contributed by atoms with Gasteiger partial charge >= 0.3 is 0 Å². The molecule has 0 unspecified atom stereocenters. The van der Waals surface area contributed by atoms with Crippen LogP contribution in [0.25, 0.3) is 0 Å². The summed E-state index contributed by atoms with van der Waals surface area (Å²) >= 11 is 6.78. The molecule has 0 aliphatic heterocycles. The minimum absolute atomic E-state index is 0.00654. The number of hydrogen-bond acceptors (Lipinski definition) is 3. The summed E-state index contributed by atoms with van der Waals surface area (Å²) in [7, 11) is 0. The Bertz CT molecular complexity index is 569. The topological polar surface area (TPSA) is 87.7 Å². The number of oxime groups is 1. The molecule has 1 fully saturated rings. The van der Waals surface area contributed by atoms with Crippen molar-refractivity contribution in [3.63, 3.8) is 0 Å². The summed E-state index contributed by atoms with van der Waals surface area (Å²) in [5.74, 6) is -0.228. The highest BCUT2D eigenvalue weighted by molar-refractivity contribution is 9.11. The van der Waals surface area contributed by atoms with Crippen molar-refractivity contribution in [2.45, 2.75) is 32.1 Å². The molecule has 0 radical (unpaired) electrons. The van der Waals surface area contributed by atoms with Gasteiger partial charge < -0.3 is 16.3 Å². The predicted octanol–water partition coefficient (Wildman–Crippen LogP) is 3.85. The molecule has 0 atom stereocenters. The van der Waals surface area contributed by atoms with Gasteiger partial charge in [-0.05, 0) is 47.0 Å². The lowest BCUT2D eigenvalue weighted by Crippen LogP contribution is -2.48. The smallest absolute Gasteiger partial charge is 0.238 e. The van der Waals surface area contributed by atoms with Crippen molar-refractivity contribution in [1.29, 1.82) is 0 Å². The van der Waals surface area contributed by atoms with Crippen LogP contribution in [0.1, 0.15) is 32.1 Å². The first kappa shape index (κ1) is 16.3. The van der Waals surface area contributed by atoms with Crippen LogP contribution in [0.15, 0.2) is 32.3 Å². The summed E-state index contributed by atoms with van der Waals surface area (Å²) in [5, 5.41) is 15.0. The Morgan fingerprint density at radius 1 is 1.29 bits per heavy atom. The van der Waals surface area contributed by atoms with E-state index in [1.54, 1.807) is 6.07 Å². The van der Waals surface area contributed by atoms with E-state index < -0.39 is 5.41 Å². The van der Waals surface area contributed by atoms with E-state index >= 15 is 0 Å². The summed E-state index contributed by atoms with van der Waals surface area (Å²) in [6, 6.07) is 5.50. The fourth-order valence-electron chi connectivity index (χ4n) is 2.68. The largest absolute Gasteiger partial charge is 0.409 e. The fraction of sp³-hybridized carbons (Fsp3) is 0.429. The summed E-state index contributed by atoms with van der Waals surface area (Å²) in [4.78, 5) is 12.7. The number of halogens is 2. The van der Waals surface area contributed by atoms with Gasteiger partial charge in [0.15, 0.2) is 5.84 Å². The SMILES string of the molecule is NC(=NO)C1(C(=O)Nc2ccc(Br)cc2Br)CCCCC1. The standard InChI is InChI=1S/C14H17Br2N3O2/c15-9-4-5-11(10(16)8-9)18-13(20)14(12(17)19-21)6-2-1-3-7-14/h4-5,8,21H,1-3,6-7H2,(H2,17,19)(H,18,20). The maximum atomic E-state index is 12.7.